The molecule has 0 fully saturated rings. The molecule has 0 amide bonds. The Morgan fingerprint density at radius 2 is 1.86 bits per heavy atom. The highest BCUT2D eigenvalue weighted by Gasteiger charge is 2.18. The van der Waals surface area contributed by atoms with E-state index in [1.807, 2.05) is 34.5 Å². The summed E-state index contributed by atoms with van der Waals surface area (Å²) >= 11 is 7.37. The summed E-state index contributed by atoms with van der Waals surface area (Å²) in [5, 5.41) is 5.92. The minimum Gasteiger partial charge on any atom is -0.486 e. The quantitative estimate of drug-likeness (QED) is 0.610. The van der Waals surface area contributed by atoms with Gasteiger partial charge in [-0.25, -0.2) is 4.39 Å². The Kier molecular flexibility index (Phi) is 5.73. The number of anilines is 1. The van der Waals surface area contributed by atoms with Gasteiger partial charge in [0.1, 0.15) is 19.0 Å². The van der Waals surface area contributed by atoms with Gasteiger partial charge in [0, 0.05) is 23.2 Å². The van der Waals surface area contributed by atoms with E-state index in [4.69, 9.17) is 21.7 Å². The van der Waals surface area contributed by atoms with Gasteiger partial charge in [0.2, 0.25) is 0 Å². The van der Waals surface area contributed by atoms with Gasteiger partial charge < -0.3 is 19.7 Å². The van der Waals surface area contributed by atoms with E-state index in [9.17, 15) is 4.39 Å². The Morgan fingerprint density at radius 3 is 2.61 bits per heavy atom. The average Bonchev–Trinajstić information content (AvgIpc) is 3.24. The van der Waals surface area contributed by atoms with E-state index in [1.54, 1.807) is 23.5 Å². The number of fused-ring (bicyclic) bond motifs is 1. The van der Waals surface area contributed by atoms with Crippen molar-refractivity contribution < 1.29 is 13.9 Å². The zero-order valence-electron chi connectivity index (χ0n) is 15.1. The Labute approximate surface area is 172 Å². The number of thiophene rings is 1. The van der Waals surface area contributed by atoms with Crippen molar-refractivity contribution in [1.29, 1.82) is 0 Å². The van der Waals surface area contributed by atoms with Crippen LogP contribution >= 0.6 is 23.6 Å². The van der Waals surface area contributed by atoms with Crippen LogP contribution in [0.25, 0.3) is 0 Å². The molecule has 1 aliphatic rings. The van der Waals surface area contributed by atoms with Crippen LogP contribution in [0.2, 0.25) is 0 Å². The minimum absolute atomic E-state index is 0.248. The zero-order chi connectivity index (χ0) is 19.3. The van der Waals surface area contributed by atoms with E-state index in [1.165, 1.54) is 17.0 Å². The number of ether oxygens (including phenoxy) is 2. The number of halogens is 1. The number of hydrogen-bond donors (Lipinski definition) is 1. The lowest BCUT2D eigenvalue weighted by atomic mass is 10.2. The van der Waals surface area contributed by atoms with E-state index < -0.39 is 0 Å². The number of nitrogens with one attached hydrogen (secondary N) is 1. The topological polar surface area (TPSA) is 33.7 Å². The Bertz CT molecular complexity index is 946. The van der Waals surface area contributed by atoms with Crippen molar-refractivity contribution in [3.05, 3.63) is 76.2 Å². The normalized spacial score (nSPS) is 12.5. The average molecular weight is 415 g/mol. The zero-order valence-corrected chi connectivity index (χ0v) is 16.7. The molecule has 0 saturated heterocycles. The minimum atomic E-state index is -0.248. The van der Waals surface area contributed by atoms with Crippen LogP contribution in [0.5, 0.6) is 11.5 Å². The highest BCUT2D eigenvalue weighted by atomic mass is 32.1. The van der Waals surface area contributed by atoms with Crippen molar-refractivity contribution in [3.63, 3.8) is 0 Å². The number of hydrogen-bond acceptors (Lipinski definition) is 4. The van der Waals surface area contributed by atoms with Crippen molar-refractivity contribution >= 4 is 34.4 Å². The molecular formula is C21H19FN2O2S2. The second-order valence-electron chi connectivity index (χ2n) is 6.28. The molecule has 1 N–H and O–H groups in total. The fourth-order valence-electron chi connectivity index (χ4n) is 2.91. The van der Waals surface area contributed by atoms with Gasteiger partial charge >= 0.3 is 0 Å². The maximum Gasteiger partial charge on any atom is 0.174 e. The highest BCUT2D eigenvalue weighted by molar-refractivity contribution is 7.80. The van der Waals surface area contributed by atoms with Crippen molar-refractivity contribution in [2.45, 2.75) is 13.1 Å². The monoisotopic (exact) mass is 414 g/mol. The van der Waals surface area contributed by atoms with Crippen LogP contribution in [-0.2, 0) is 13.1 Å². The first kappa shape index (κ1) is 18.7. The Balaban J connectivity index is 1.54. The third kappa shape index (κ3) is 4.43. The molecule has 4 nitrogen and oxygen atoms in total. The van der Waals surface area contributed by atoms with Crippen LogP contribution in [0.15, 0.2) is 60.0 Å². The number of nitrogens with zero attached hydrogens (tertiary/aromatic N) is 1. The van der Waals surface area contributed by atoms with E-state index >= 15 is 0 Å². The van der Waals surface area contributed by atoms with Gasteiger partial charge in [-0.3, -0.25) is 0 Å². The van der Waals surface area contributed by atoms with Crippen LogP contribution in [0.4, 0.5) is 10.1 Å². The third-order valence-electron chi connectivity index (χ3n) is 4.33. The van der Waals surface area contributed by atoms with Crippen molar-refractivity contribution in [2.75, 3.05) is 18.1 Å². The molecule has 28 heavy (non-hydrogen) atoms. The standard InChI is InChI=1S/C21H19FN2O2S2/c22-16-5-3-15(4-6-16)13-23-21(27)24(14-18-2-1-11-28-18)17-7-8-19-20(12-17)26-10-9-25-19/h1-8,11-12H,9-10,13-14H2,(H,23,27). The van der Waals surface area contributed by atoms with Gasteiger partial charge in [0.05, 0.1) is 6.54 Å². The maximum atomic E-state index is 13.1. The van der Waals surface area contributed by atoms with Gasteiger partial charge in [0.15, 0.2) is 16.6 Å². The van der Waals surface area contributed by atoms with Crippen molar-refractivity contribution in [1.82, 2.24) is 5.32 Å². The summed E-state index contributed by atoms with van der Waals surface area (Å²) in [7, 11) is 0. The second-order valence-corrected chi connectivity index (χ2v) is 7.70. The molecule has 0 radical (unpaired) electrons. The molecule has 0 saturated carbocycles. The lowest BCUT2D eigenvalue weighted by molar-refractivity contribution is 0.171. The molecule has 0 spiro atoms. The van der Waals surface area contributed by atoms with E-state index in [-0.39, 0.29) is 5.82 Å². The SMILES string of the molecule is Fc1ccc(CNC(=S)N(Cc2cccs2)c2ccc3c(c2)OCCO3)cc1. The first-order chi connectivity index (χ1) is 13.7. The van der Waals surface area contributed by atoms with Gasteiger partial charge in [-0.2, -0.15) is 0 Å². The number of benzene rings is 2. The van der Waals surface area contributed by atoms with Crippen molar-refractivity contribution in [2.24, 2.45) is 0 Å². The molecule has 0 aliphatic carbocycles. The lowest BCUT2D eigenvalue weighted by Crippen LogP contribution is -2.39. The molecule has 0 atom stereocenters. The first-order valence-corrected chi connectivity index (χ1v) is 10.2. The van der Waals surface area contributed by atoms with Crippen molar-refractivity contribution in [3.8, 4) is 11.5 Å². The molecule has 1 aliphatic heterocycles. The van der Waals surface area contributed by atoms with Crippen LogP contribution in [-0.4, -0.2) is 18.3 Å². The molecule has 2 heterocycles. The Hall–Kier alpha value is -2.64. The fourth-order valence-corrected chi connectivity index (χ4v) is 3.85. The van der Waals surface area contributed by atoms with Crippen LogP contribution < -0.4 is 19.7 Å². The number of rotatable bonds is 5. The highest BCUT2D eigenvalue weighted by Crippen LogP contribution is 2.34. The molecule has 144 valence electrons. The molecule has 4 rings (SSSR count). The molecule has 7 heteroatoms. The summed E-state index contributed by atoms with van der Waals surface area (Å²) < 4.78 is 24.4. The van der Waals surface area contributed by atoms with Crippen LogP contribution in [0.1, 0.15) is 10.4 Å². The van der Waals surface area contributed by atoms with E-state index in [0.29, 0.717) is 31.4 Å². The molecular weight excluding hydrogens is 395 g/mol. The summed E-state index contributed by atoms with van der Waals surface area (Å²) in [6, 6.07) is 16.3. The van der Waals surface area contributed by atoms with Gasteiger partial charge in [0.25, 0.3) is 0 Å². The summed E-state index contributed by atoms with van der Waals surface area (Å²) in [6.07, 6.45) is 0. The second kappa shape index (κ2) is 8.58. The largest absolute Gasteiger partial charge is 0.486 e. The predicted molar refractivity (Wildman–Crippen MR) is 114 cm³/mol. The summed E-state index contributed by atoms with van der Waals surface area (Å²) in [5.41, 5.74) is 1.89. The molecule has 3 aromatic rings. The Morgan fingerprint density at radius 1 is 1.07 bits per heavy atom. The van der Waals surface area contributed by atoms with E-state index in [2.05, 4.69) is 11.4 Å². The summed E-state index contributed by atoms with van der Waals surface area (Å²) in [5.74, 6) is 1.22. The van der Waals surface area contributed by atoms with Crippen LogP contribution in [0, 0.1) is 5.82 Å². The maximum absolute atomic E-state index is 13.1. The molecule has 0 unspecified atom stereocenters. The van der Waals surface area contributed by atoms with Gasteiger partial charge in [-0.1, -0.05) is 18.2 Å². The first-order valence-electron chi connectivity index (χ1n) is 8.91. The molecule has 1 aromatic heterocycles. The fraction of sp³-hybridized carbons (Fsp3) is 0.190. The molecule has 0 bridgehead atoms. The predicted octanol–water partition coefficient (Wildman–Crippen LogP) is 4.74. The smallest absolute Gasteiger partial charge is 0.174 e. The lowest BCUT2D eigenvalue weighted by Gasteiger charge is -2.27. The van der Waals surface area contributed by atoms with Gasteiger partial charge in [-0.05, 0) is 53.5 Å². The summed E-state index contributed by atoms with van der Waals surface area (Å²) in [6.45, 7) is 2.26. The third-order valence-corrected chi connectivity index (χ3v) is 5.56. The molecule has 2 aromatic carbocycles. The summed E-state index contributed by atoms with van der Waals surface area (Å²) in [4.78, 5) is 3.23. The number of thiocarbonyl (C=S) groups is 1. The van der Waals surface area contributed by atoms with Crippen LogP contribution in [0.3, 0.4) is 0 Å². The van der Waals surface area contributed by atoms with Gasteiger partial charge in [-0.15, -0.1) is 11.3 Å². The van der Waals surface area contributed by atoms with E-state index in [0.717, 1.165) is 22.7 Å².